The number of hydrogen-bond acceptors (Lipinski definition) is 5. The van der Waals surface area contributed by atoms with Crippen LogP contribution in [0.1, 0.15) is 34.3 Å². The molecule has 0 spiro atoms. The average molecular weight is 422 g/mol. The van der Waals surface area contributed by atoms with Crippen LogP contribution in [0.3, 0.4) is 0 Å². The highest BCUT2D eigenvalue weighted by Gasteiger charge is 2.28. The minimum absolute atomic E-state index is 0.105. The minimum Gasteiger partial charge on any atom is -0.482 e. The maximum absolute atomic E-state index is 12.6. The molecule has 0 fully saturated rings. The smallest absolute Gasteiger partial charge is 0.422 e. The number of hydrogen-bond donors (Lipinski definition) is 2. The Bertz CT molecular complexity index is 949. The molecule has 30 heavy (non-hydrogen) atoms. The summed E-state index contributed by atoms with van der Waals surface area (Å²) >= 11 is 0. The molecule has 1 aliphatic heterocycles. The fourth-order valence-electron chi connectivity index (χ4n) is 3.43. The number of fused-ring (bicyclic) bond motifs is 1. The summed E-state index contributed by atoms with van der Waals surface area (Å²) in [5, 5.41) is 2.61. The predicted octanol–water partition coefficient (Wildman–Crippen LogP) is 2.68. The average Bonchev–Trinajstić information content (AvgIpc) is 2.65. The van der Waals surface area contributed by atoms with Crippen LogP contribution in [0.25, 0.3) is 0 Å². The fourth-order valence-corrected chi connectivity index (χ4v) is 3.43. The molecular weight excluding hydrogens is 401 g/mol. The second-order valence-corrected chi connectivity index (χ2v) is 7.22. The SMILES string of the molecule is C[C@H]1CN(CC(N)=O)Cc2cc(C(=O)Nc3cncc(OCC(F)(F)F)c3)ccc21. The molecule has 1 aliphatic rings. The summed E-state index contributed by atoms with van der Waals surface area (Å²) in [6.07, 6.45) is -2.02. The van der Waals surface area contributed by atoms with Crippen molar-refractivity contribution in [2.75, 3.05) is 25.0 Å². The maximum atomic E-state index is 12.6. The quantitative estimate of drug-likeness (QED) is 0.746. The second-order valence-electron chi connectivity index (χ2n) is 7.22. The summed E-state index contributed by atoms with van der Waals surface area (Å²) in [7, 11) is 0. The van der Waals surface area contributed by atoms with Crippen LogP contribution < -0.4 is 15.8 Å². The zero-order chi connectivity index (χ0) is 21.9. The third kappa shape index (κ3) is 5.69. The Morgan fingerprint density at radius 3 is 2.77 bits per heavy atom. The zero-order valence-electron chi connectivity index (χ0n) is 16.2. The number of amides is 2. The van der Waals surface area contributed by atoms with E-state index in [9.17, 15) is 22.8 Å². The molecule has 1 aromatic heterocycles. The Kier molecular flexibility index (Phi) is 6.25. The summed E-state index contributed by atoms with van der Waals surface area (Å²) in [4.78, 5) is 29.6. The van der Waals surface area contributed by atoms with E-state index in [1.54, 1.807) is 12.1 Å². The van der Waals surface area contributed by atoms with Crippen molar-refractivity contribution in [3.05, 3.63) is 53.3 Å². The monoisotopic (exact) mass is 422 g/mol. The number of carbonyl (C=O) groups excluding carboxylic acids is 2. The number of benzene rings is 1. The van der Waals surface area contributed by atoms with Crippen molar-refractivity contribution in [3.63, 3.8) is 0 Å². The molecular formula is C20H21F3N4O3. The Hall–Kier alpha value is -3.14. The largest absolute Gasteiger partial charge is 0.482 e. The zero-order valence-corrected chi connectivity index (χ0v) is 16.2. The molecule has 1 atom stereocenters. The third-order valence-corrected chi connectivity index (χ3v) is 4.62. The summed E-state index contributed by atoms with van der Waals surface area (Å²) < 4.78 is 41.5. The lowest BCUT2D eigenvalue weighted by atomic mass is 9.89. The van der Waals surface area contributed by atoms with E-state index in [0.29, 0.717) is 18.7 Å². The van der Waals surface area contributed by atoms with Gasteiger partial charge in [0.05, 0.1) is 24.6 Å². The molecule has 2 heterocycles. The third-order valence-electron chi connectivity index (χ3n) is 4.62. The number of carbonyl (C=O) groups is 2. The first-order valence-corrected chi connectivity index (χ1v) is 9.20. The van der Waals surface area contributed by atoms with E-state index < -0.39 is 24.6 Å². The normalized spacial score (nSPS) is 16.6. The van der Waals surface area contributed by atoms with Crippen molar-refractivity contribution in [3.8, 4) is 5.75 Å². The van der Waals surface area contributed by atoms with E-state index in [4.69, 9.17) is 5.73 Å². The Balaban J connectivity index is 1.72. The molecule has 3 rings (SSSR count). The number of pyridine rings is 1. The number of primary amides is 1. The van der Waals surface area contributed by atoms with E-state index >= 15 is 0 Å². The van der Waals surface area contributed by atoms with Gasteiger partial charge >= 0.3 is 6.18 Å². The van der Waals surface area contributed by atoms with Crippen LogP contribution in [0.2, 0.25) is 0 Å². The highest BCUT2D eigenvalue weighted by Crippen LogP contribution is 2.29. The maximum Gasteiger partial charge on any atom is 0.422 e. The van der Waals surface area contributed by atoms with E-state index in [1.165, 1.54) is 12.3 Å². The molecule has 2 amide bonds. The Morgan fingerprint density at radius 2 is 2.07 bits per heavy atom. The molecule has 0 aliphatic carbocycles. The van der Waals surface area contributed by atoms with Gasteiger partial charge in [-0.3, -0.25) is 19.5 Å². The summed E-state index contributed by atoms with van der Waals surface area (Å²) in [5.41, 5.74) is 7.89. The molecule has 160 valence electrons. The first-order chi connectivity index (χ1) is 14.1. The molecule has 2 aromatic rings. The number of aromatic nitrogens is 1. The van der Waals surface area contributed by atoms with Crippen LogP contribution in [0, 0.1) is 0 Å². The molecule has 1 aromatic carbocycles. The van der Waals surface area contributed by atoms with Gasteiger partial charge in [0.2, 0.25) is 5.91 Å². The number of alkyl halides is 3. The minimum atomic E-state index is -4.47. The Labute approximate surface area is 171 Å². The van der Waals surface area contributed by atoms with Crippen molar-refractivity contribution in [2.24, 2.45) is 5.73 Å². The lowest BCUT2D eigenvalue weighted by Crippen LogP contribution is -2.38. The molecule has 0 radical (unpaired) electrons. The van der Waals surface area contributed by atoms with Gasteiger partial charge in [-0.15, -0.1) is 0 Å². The molecule has 0 unspecified atom stereocenters. The van der Waals surface area contributed by atoms with E-state index in [0.717, 1.165) is 17.3 Å². The van der Waals surface area contributed by atoms with Crippen LogP contribution in [-0.2, 0) is 11.3 Å². The number of nitrogens with two attached hydrogens (primary N) is 1. The van der Waals surface area contributed by atoms with Gasteiger partial charge in [-0.1, -0.05) is 13.0 Å². The number of halogens is 3. The lowest BCUT2D eigenvalue weighted by Gasteiger charge is -2.32. The van der Waals surface area contributed by atoms with Gasteiger partial charge in [0, 0.05) is 24.7 Å². The van der Waals surface area contributed by atoms with Gasteiger partial charge < -0.3 is 15.8 Å². The van der Waals surface area contributed by atoms with Crippen LogP contribution in [0.5, 0.6) is 5.75 Å². The standard InChI is InChI=1S/C20H21F3N4O3/c1-12-8-27(10-18(24)28)9-14-4-13(2-3-17(12)14)19(29)26-15-5-16(7-25-6-15)30-11-20(21,22)23/h2-7,12H,8-11H2,1H3,(H2,24,28)(H,26,29)/t12-/m0/s1. The summed E-state index contributed by atoms with van der Waals surface area (Å²) in [6, 6.07) is 6.57. The summed E-state index contributed by atoms with van der Waals surface area (Å²) in [5.74, 6) is -0.782. The second kappa shape index (κ2) is 8.70. The van der Waals surface area contributed by atoms with Crippen molar-refractivity contribution >= 4 is 17.5 Å². The van der Waals surface area contributed by atoms with Crippen LogP contribution in [-0.4, -0.2) is 47.6 Å². The first kappa shape index (κ1) is 21.6. The van der Waals surface area contributed by atoms with Crippen LogP contribution >= 0.6 is 0 Å². The number of anilines is 1. The van der Waals surface area contributed by atoms with Crippen molar-refractivity contribution in [2.45, 2.75) is 25.6 Å². The number of ether oxygens (including phenoxy) is 1. The molecule has 0 saturated heterocycles. The molecule has 10 heteroatoms. The first-order valence-electron chi connectivity index (χ1n) is 9.20. The molecule has 0 saturated carbocycles. The van der Waals surface area contributed by atoms with E-state index in [2.05, 4.69) is 15.0 Å². The van der Waals surface area contributed by atoms with Crippen molar-refractivity contribution in [1.29, 1.82) is 0 Å². The molecule has 3 N–H and O–H groups in total. The van der Waals surface area contributed by atoms with Crippen molar-refractivity contribution in [1.82, 2.24) is 9.88 Å². The lowest BCUT2D eigenvalue weighted by molar-refractivity contribution is -0.153. The molecule has 7 nitrogen and oxygen atoms in total. The fraction of sp³-hybridized carbons (Fsp3) is 0.350. The number of nitrogens with zero attached hydrogens (tertiary/aromatic N) is 2. The van der Waals surface area contributed by atoms with Gasteiger partial charge in [-0.05, 0) is 29.2 Å². The number of rotatable bonds is 6. The van der Waals surface area contributed by atoms with Gasteiger partial charge in [-0.25, -0.2) is 0 Å². The number of nitrogens with one attached hydrogen (secondary N) is 1. The predicted molar refractivity (Wildman–Crippen MR) is 103 cm³/mol. The highest BCUT2D eigenvalue weighted by molar-refractivity contribution is 6.04. The van der Waals surface area contributed by atoms with Gasteiger partial charge in [0.15, 0.2) is 6.61 Å². The van der Waals surface area contributed by atoms with Crippen molar-refractivity contribution < 1.29 is 27.5 Å². The van der Waals surface area contributed by atoms with Gasteiger partial charge in [-0.2, -0.15) is 13.2 Å². The molecule has 0 bridgehead atoms. The van der Waals surface area contributed by atoms with Crippen LogP contribution in [0.15, 0.2) is 36.7 Å². The summed E-state index contributed by atoms with van der Waals surface area (Å²) in [6.45, 7) is 1.90. The van der Waals surface area contributed by atoms with E-state index in [1.807, 2.05) is 17.9 Å². The van der Waals surface area contributed by atoms with E-state index in [-0.39, 0.29) is 23.9 Å². The topological polar surface area (TPSA) is 97.5 Å². The van der Waals surface area contributed by atoms with Gasteiger partial charge in [0.1, 0.15) is 5.75 Å². The Morgan fingerprint density at radius 1 is 1.30 bits per heavy atom. The highest BCUT2D eigenvalue weighted by atomic mass is 19.4. The van der Waals surface area contributed by atoms with Gasteiger partial charge in [0.25, 0.3) is 5.91 Å². The van der Waals surface area contributed by atoms with Crippen LogP contribution in [0.4, 0.5) is 18.9 Å².